The first-order valence-corrected chi connectivity index (χ1v) is 9.62. The van der Waals surface area contributed by atoms with Crippen LogP contribution in [0.1, 0.15) is 34.2 Å². The van der Waals surface area contributed by atoms with E-state index < -0.39 is 5.97 Å². The van der Waals surface area contributed by atoms with Gasteiger partial charge in [0, 0.05) is 5.69 Å². The van der Waals surface area contributed by atoms with Crippen molar-refractivity contribution in [1.29, 1.82) is 0 Å². The molecule has 0 aliphatic carbocycles. The molecule has 6 heteroatoms. The fraction of sp³-hybridized carbons (Fsp3) is 0.208. The summed E-state index contributed by atoms with van der Waals surface area (Å²) < 4.78 is 12.6. The van der Waals surface area contributed by atoms with Gasteiger partial charge in [0.2, 0.25) is 0 Å². The van der Waals surface area contributed by atoms with Gasteiger partial charge in [-0.2, -0.15) is 5.10 Å². The number of carbonyl (C=O) groups excluding carboxylic acids is 1. The molecule has 0 aliphatic rings. The summed E-state index contributed by atoms with van der Waals surface area (Å²) in [6, 6.07) is 9.49. The number of hydrogen-bond donors (Lipinski definition) is 0. The maximum atomic E-state index is 12.2. The Bertz CT molecular complexity index is 1140. The van der Waals surface area contributed by atoms with Gasteiger partial charge < -0.3 is 9.47 Å². The molecule has 30 heavy (non-hydrogen) atoms. The Balaban J connectivity index is 1.89. The van der Waals surface area contributed by atoms with E-state index in [0.29, 0.717) is 23.5 Å². The van der Waals surface area contributed by atoms with Crippen molar-refractivity contribution < 1.29 is 14.3 Å². The highest BCUT2D eigenvalue weighted by atomic mass is 16.5. The number of ether oxygens (including phenoxy) is 2. The van der Waals surface area contributed by atoms with E-state index >= 15 is 0 Å². The normalized spacial score (nSPS) is 11.8. The SMILES string of the molecule is C=C/C(=C\C=C/C)Oc1ccc(Cn2nc(C)c3c(C(=O)OC)cc(C)nc32)cc1. The van der Waals surface area contributed by atoms with Crippen LogP contribution in [-0.2, 0) is 11.3 Å². The number of carbonyl (C=O) groups is 1. The first kappa shape index (κ1) is 21.0. The Labute approximate surface area is 176 Å². The Hall–Kier alpha value is -3.67. The van der Waals surface area contributed by atoms with Crippen molar-refractivity contribution in [1.82, 2.24) is 14.8 Å². The number of esters is 1. The zero-order chi connectivity index (χ0) is 21.7. The van der Waals surface area contributed by atoms with Gasteiger partial charge in [-0.3, -0.25) is 0 Å². The predicted octanol–water partition coefficient (Wildman–Crippen LogP) is 4.91. The van der Waals surface area contributed by atoms with Crippen molar-refractivity contribution in [2.24, 2.45) is 0 Å². The molecule has 0 unspecified atom stereocenters. The summed E-state index contributed by atoms with van der Waals surface area (Å²) in [6.45, 7) is 9.95. The number of aromatic nitrogens is 3. The summed E-state index contributed by atoms with van der Waals surface area (Å²) in [5, 5.41) is 5.33. The molecule has 0 atom stereocenters. The van der Waals surface area contributed by atoms with Crippen LogP contribution in [0.4, 0.5) is 0 Å². The van der Waals surface area contributed by atoms with E-state index in [1.165, 1.54) is 7.11 Å². The van der Waals surface area contributed by atoms with Crippen LogP contribution in [0, 0.1) is 13.8 Å². The van der Waals surface area contributed by atoms with Crippen molar-refractivity contribution in [2.45, 2.75) is 27.3 Å². The molecule has 6 nitrogen and oxygen atoms in total. The lowest BCUT2D eigenvalue weighted by Gasteiger charge is -2.08. The van der Waals surface area contributed by atoms with Gasteiger partial charge in [-0.25, -0.2) is 14.5 Å². The molecule has 0 spiro atoms. The second-order valence-electron chi connectivity index (χ2n) is 6.79. The molecule has 0 N–H and O–H groups in total. The van der Waals surface area contributed by atoms with Crippen molar-refractivity contribution in [3.8, 4) is 5.75 Å². The molecule has 0 radical (unpaired) electrons. The molecule has 154 valence electrons. The average Bonchev–Trinajstić information content (AvgIpc) is 3.06. The van der Waals surface area contributed by atoms with Gasteiger partial charge in [0.1, 0.15) is 11.5 Å². The summed E-state index contributed by atoms with van der Waals surface area (Å²) in [5.41, 5.74) is 3.65. The molecule has 3 rings (SSSR count). The van der Waals surface area contributed by atoms with Gasteiger partial charge in [-0.1, -0.05) is 30.9 Å². The van der Waals surface area contributed by atoms with E-state index in [1.54, 1.807) is 16.8 Å². The molecule has 0 fully saturated rings. The minimum Gasteiger partial charge on any atom is -0.465 e. The van der Waals surface area contributed by atoms with E-state index in [-0.39, 0.29) is 0 Å². The van der Waals surface area contributed by atoms with E-state index in [1.807, 2.05) is 63.3 Å². The Morgan fingerprint density at radius 1 is 1.23 bits per heavy atom. The quantitative estimate of drug-likeness (QED) is 0.319. The van der Waals surface area contributed by atoms with Crippen LogP contribution < -0.4 is 4.74 Å². The molecule has 3 aromatic rings. The number of allylic oxidation sites excluding steroid dienone is 4. The van der Waals surface area contributed by atoms with Gasteiger partial charge in [-0.15, -0.1) is 0 Å². The van der Waals surface area contributed by atoms with Crippen LogP contribution in [0.5, 0.6) is 5.75 Å². The van der Waals surface area contributed by atoms with Crippen LogP contribution in [0.25, 0.3) is 11.0 Å². The number of rotatable bonds is 7. The molecule has 0 aliphatic heterocycles. The van der Waals surface area contributed by atoms with Crippen LogP contribution in [0.3, 0.4) is 0 Å². The standard InChI is InChI=1S/C24H25N3O3/c1-6-8-9-19(7-2)30-20-12-10-18(11-13-20)15-27-23-22(17(4)26-27)21(24(28)29-5)14-16(3)25-23/h6-14H,2,15H2,1,3-5H3/b8-6-,19-9+. The number of benzene rings is 1. The van der Waals surface area contributed by atoms with Crippen molar-refractivity contribution in [3.05, 3.63) is 89.5 Å². The molecule has 0 saturated heterocycles. The summed E-state index contributed by atoms with van der Waals surface area (Å²) >= 11 is 0. The number of fused-ring (bicyclic) bond motifs is 1. The maximum Gasteiger partial charge on any atom is 0.338 e. The summed E-state index contributed by atoms with van der Waals surface area (Å²) in [5.74, 6) is 1.00. The minimum atomic E-state index is -0.390. The van der Waals surface area contributed by atoms with Crippen LogP contribution in [0.15, 0.2) is 67.0 Å². The molecular weight excluding hydrogens is 378 g/mol. The molecular formula is C24H25N3O3. The van der Waals surface area contributed by atoms with E-state index in [2.05, 4.69) is 16.7 Å². The Morgan fingerprint density at radius 2 is 1.97 bits per heavy atom. The highest BCUT2D eigenvalue weighted by molar-refractivity contribution is 6.03. The van der Waals surface area contributed by atoms with E-state index in [0.717, 1.165) is 28.1 Å². The van der Waals surface area contributed by atoms with Crippen molar-refractivity contribution >= 4 is 17.0 Å². The second kappa shape index (κ2) is 9.22. The Kier molecular flexibility index (Phi) is 6.47. The monoisotopic (exact) mass is 403 g/mol. The molecule has 0 saturated carbocycles. The molecule has 2 heterocycles. The van der Waals surface area contributed by atoms with Crippen LogP contribution in [0.2, 0.25) is 0 Å². The van der Waals surface area contributed by atoms with Gasteiger partial charge in [-0.05, 0) is 56.7 Å². The fourth-order valence-corrected chi connectivity index (χ4v) is 3.17. The molecule has 0 bridgehead atoms. The fourth-order valence-electron chi connectivity index (χ4n) is 3.17. The van der Waals surface area contributed by atoms with E-state index in [9.17, 15) is 4.79 Å². The first-order chi connectivity index (χ1) is 14.5. The number of pyridine rings is 1. The minimum absolute atomic E-state index is 0.390. The number of hydrogen-bond acceptors (Lipinski definition) is 5. The number of nitrogens with zero attached hydrogens (tertiary/aromatic N) is 3. The number of aryl methyl sites for hydroxylation is 2. The lowest BCUT2D eigenvalue weighted by Crippen LogP contribution is -2.06. The highest BCUT2D eigenvalue weighted by Crippen LogP contribution is 2.24. The first-order valence-electron chi connectivity index (χ1n) is 9.62. The second-order valence-corrected chi connectivity index (χ2v) is 6.79. The van der Waals surface area contributed by atoms with Crippen molar-refractivity contribution in [2.75, 3.05) is 7.11 Å². The van der Waals surface area contributed by atoms with Crippen LogP contribution in [-0.4, -0.2) is 27.8 Å². The van der Waals surface area contributed by atoms with Gasteiger partial charge in [0.25, 0.3) is 0 Å². The van der Waals surface area contributed by atoms with Gasteiger partial charge >= 0.3 is 5.97 Å². The summed E-state index contributed by atoms with van der Waals surface area (Å²) in [6.07, 6.45) is 7.34. The van der Waals surface area contributed by atoms with Crippen LogP contribution >= 0.6 is 0 Å². The average molecular weight is 403 g/mol. The maximum absolute atomic E-state index is 12.2. The predicted molar refractivity (Wildman–Crippen MR) is 118 cm³/mol. The highest BCUT2D eigenvalue weighted by Gasteiger charge is 2.19. The molecule has 0 amide bonds. The third-order valence-electron chi connectivity index (χ3n) is 4.56. The Morgan fingerprint density at radius 3 is 2.60 bits per heavy atom. The smallest absolute Gasteiger partial charge is 0.338 e. The summed E-state index contributed by atoms with van der Waals surface area (Å²) in [7, 11) is 1.37. The van der Waals surface area contributed by atoms with Gasteiger partial charge in [0.15, 0.2) is 5.65 Å². The zero-order valence-corrected chi connectivity index (χ0v) is 17.7. The van der Waals surface area contributed by atoms with Crippen molar-refractivity contribution in [3.63, 3.8) is 0 Å². The topological polar surface area (TPSA) is 66.2 Å². The number of methoxy groups -OCH3 is 1. The largest absolute Gasteiger partial charge is 0.465 e. The molecule has 2 aromatic heterocycles. The third kappa shape index (κ3) is 4.49. The third-order valence-corrected chi connectivity index (χ3v) is 4.56. The van der Waals surface area contributed by atoms with Gasteiger partial charge in [0.05, 0.1) is 30.3 Å². The van der Waals surface area contributed by atoms with E-state index in [4.69, 9.17) is 9.47 Å². The molecule has 1 aromatic carbocycles. The summed E-state index contributed by atoms with van der Waals surface area (Å²) in [4.78, 5) is 16.8. The zero-order valence-electron chi connectivity index (χ0n) is 17.7. The lowest BCUT2D eigenvalue weighted by atomic mass is 10.1. The lowest BCUT2D eigenvalue weighted by molar-refractivity contribution is 0.0602.